The van der Waals surface area contributed by atoms with E-state index in [0.717, 1.165) is 30.9 Å². The van der Waals surface area contributed by atoms with Crippen molar-refractivity contribution in [1.29, 1.82) is 0 Å². The molecule has 1 aromatic heterocycles. The number of aromatic nitrogens is 2. The van der Waals surface area contributed by atoms with Gasteiger partial charge in [0.1, 0.15) is 0 Å². The molecule has 0 aliphatic rings. The van der Waals surface area contributed by atoms with E-state index in [1.807, 2.05) is 18.2 Å². The zero-order chi connectivity index (χ0) is 24.1. The van der Waals surface area contributed by atoms with Gasteiger partial charge in [-0.1, -0.05) is 112 Å². The van der Waals surface area contributed by atoms with E-state index in [0.29, 0.717) is 11.6 Å². The van der Waals surface area contributed by atoms with Gasteiger partial charge in [-0.3, -0.25) is 4.79 Å². The second kappa shape index (κ2) is 19.1. The maximum absolute atomic E-state index is 12.2. The van der Waals surface area contributed by atoms with Crippen LogP contribution in [0.15, 0.2) is 42.5 Å². The van der Waals surface area contributed by atoms with Crippen LogP contribution < -0.4 is 10.6 Å². The second-order valence-corrected chi connectivity index (χ2v) is 9.93. The number of hydrogen-bond donors (Lipinski definition) is 2. The van der Waals surface area contributed by atoms with Gasteiger partial charge in [0.05, 0.1) is 0 Å². The summed E-state index contributed by atoms with van der Waals surface area (Å²) in [5.41, 5.74) is 1.29. The molecule has 0 atom stereocenters. The highest BCUT2D eigenvalue weighted by molar-refractivity contribution is 7.19. The third-order valence-electron chi connectivity index (χ3n) is 5.87. The summed E-state index contributed by atoms with van der Waals surface area (Å²) in [5, 5.41) is 15.6. The van der Waals surface area contributed by atoms with Gasteiger partial charge in [0.25, 0.3) is 0 Å². The van der Waals surface area contributed by atoms with Crippen LogP contribution in [0.2, 0.25) is 0 Å². The Bertz CT molecular complexity index is 791. The fraction of sp³-hybridized carbons (Fsp3) is 0.607. The predicted molar refractivity (Wildman–Crippen MR) is 147 cm³/mol. The van der Waals surface area contributed by atoms with E-state index < -0.39 is 0 Å². The smallest absolute Gasteiger partial charge is 0.226 e. The summed E-state index contributed by atoms with van der Waals surface area (Å²) in [5.74, 6) is 0.0320. The summed E-state index contributed by atoms with van der Waals surface area (Å²) >= 11 is 1.39. The molecule has 1 heterocycles. The lowest BCUT2D eigenvalue weighted by Crippen LogP contribution is -2.10. The second-order valence-electron chi connectivity index (χ2n) is 8.96. The van der Waals surface area contributed by atoms with Crippen LogP contribution in [0.3, 0.4) is 0 Å². The van der Waals surface area contributed by atoms with E-state index in [-0.39, 0.29) is 5.91 Å². The van der Waals surface area contributed by atoms with Crippen LogP contribution in [0.4, 0.5) is 10.3 Å². The Morgan fingerprint density at radius 2 is 1.44 bits per heavy atom. The SMILES string of the molecule is CCCCCCCCC=CCCCCCCCC(=O)Nc1nnc(NCCc2ccccc2)s1. The average Bonchev–Trinajstić information content (AvgIpc) is 3.29. The van der Waals surface area contributed by atoms with Crippen molar-refractivity contribution in [3.05, 3.63) is 48.0 Å². The maximum Gasteiger partial charge on any atom is 0.226 e. The molecule has 0 unspecified atom stereocenters. The van der Waals surface area contributed by atoms with Crippen molar-refractivity contribution in [2.75, 3.05) is 17.2 Å². The molecule has 2 aromatic rings. The van der Waals surface area contributed by atoms with Gasteiger partial charge >= 0.3 is 0 Å². The first kappa shape index (κ1) is 28.0. The molecule has 1 amide bonds. The van der Waals surface area contributed by atoms with Crippen molar-refractivity contribution in [2.45, 2.75) is 103 Å². The van der Waals surface area contributed by atoms with Gasteiger partial charge in [-0.15, -0.1) is 10.2 Å². The number of nitrogens with zero attached hydrogens (tertiary/aromatic N) is 2. The largest absolute Gasteiger partial charge is 0.360 e. The average molecular weight is 485 g/mol. The molecule has 188 valence electrons. The lowest BCUT2D eigenvalue weighted by atomic mass is 10.1. The Hall–Kier alpha value is -2.21. The Morgan fingerprint density at radius 3 is 2.15 bits per heavy atom. The van der Waals surface area contributed by atoms with Crippen LogP contribution in [-0.2, 0) is 11.2 Å². The first-order chi connectivity index (χ1) is 16.8. The van der Waals surface area contributed by atoms with Crippen LogP contribution in [0.5, 0.6) is 0 Å². The highest BCUT2D eigenvalue weighted by Crippen LogP contribution is 2.20. The first-order valence-corrected chi connectivity index (χ1v) is 14.2. The molecular weight excluding hydrogens is 440 g/mol. The number of nitrogens with one attached hydrogen (secondary N) is 2. The minimum atomic E-state index is 0.0320. The van der Waals surface area contributed by atoms with Crippen LogP contribution in [0.25, 0.3) is 0 Å². The monoisotopic (exact) mass is 484 g/mol. The van der Waals surface area contributed by atoms with Gasteiger partial charge in [0.15, 0.2) is 0 Å². The molecule has 5 nitrogen and oxygen atoms in total. The van der Waals surface area contributed by atoms with Crippen LogP contribution >= 0.6 is 11.3 Å². The molecule has 0 spiro atoms. The van der Waals surface area contributed by atoms with Crippen molar-refractivity contribution in [1.82, 2.24) is 10.2 Å². The van der Waals surface area contributed by atoms with Crippen LogP contribution in [0.1, 0.15) is 102 Å². The van der Waals surface area contributed by atoms with E-state index in [1.165, 1.54) is 87.5 Å². The van der Waals surface area contributed by atoms with E-state index in [1.54, 1.807) is 0 Å². The summed E-state index contributed by atoms with van der Waals surface area (Å²) in [7, 11) is 0. The molecule has 0 fully saturated rings. The molecule has 0 radical (unpaired) electrons. The molecular formula is C28H44N4OS. The van der Waals surface area contributed by atoms with Gasteiger partial charge in [-0.2, -0.15) is 0 Å². The molecule has 0 saturated carbocycles. The fourth-order valence-corrected chi connectivity index (χ4v) is 4.53. The normalized spacial score (nSPS) is 11.2. The summed E-state index contributed by atoms with van der Waals surface area (Å²) in [6.45, 7) is 3.06. The molecule has 0 bridgehead atoms. The van der Waals surface area contributed by atoms with Crippen LogP contribution in [-0.4, -0.2) is 22.6 Å². The lowest BCUT2D eigenvalue weighted by Gasteiger charge is -2.02. The molecule has 0 aliphatic carbocycles. The highest BCUT2D eigenvalue weighted by atomic mass is 32.1. The standard InChI is InChI=1S/C28H44N4OS/c1-2-3-4-5-6-7-8-9-10-11-12-13-14-15-19-22-26(33)30-28-32-31-27(34-28)29-24-23-25-20-17-16-18-21-25/h9-10,16-18,20-21H,2-8,11-15,19,22-24H2,1H3,(H,29,31)(H,30,32,33). The number of anilines is 2. The number of benzene rings is 1. The molecule has 0 aliphatic heterocycles. The number of unbranched alkanes of at least 4 members (excludes halogenated alkanes) is 11. The predicted octanol–water partition coefficient (Wildman–Crippen LogP) is 8.17. The molecule has 0 saturated heterocycles. The third-order valence-corrected chi connectivity index (χ3v) is 6.67. The fourth-order valence-electron chi connectivity index (χ4n) is 3.84. The maximum atomic E-state index is 12.2. The number of hydrogen-bond acceptors (Lipinski definition) is 5. The Balaban J connectivity index is 1.41. The number of amides is 1. The summed E-state index contributed by atoms with van der Waals surface area (Å²) in [4.78, 5) is 12.2. The number of allylic oxidation sites excluding steroid dienone is 2. The zero-order valence-corrected chi connectivity index (χ0v) is 21.9. The molecule has 6 heteroatoms. The first-order valence-electron chi connectivity index (χ1n) is 13.3. The summed E-state index contributed by atoms with van der Waals surface area (Å²) in [6.07, 6.45) is 22.6. The van der Waals surface area contributed by atoms with E-state index >= 15 is 0 Å². The molecule has 2 N–H and O–H groups in total. The van der Waals surface area contributed by atoms with E-state index in [4.69, 9.17) is 0 Å². The minimum Gasteiger partial charge on any atom is -0.360 e. The number of carbonyl (C=O) groups excluding carboxylic acids is 1. The number of rotatable bonds is 20. The summed E-state index contributed by atoms with van der Waals surface area (Å²) in [6, 6.07) is 10.3. The van der Waals surface area contributed by atoms with Crippen molar-refractivity contribution < 1.29 is 4.79 Å². The van der Waals surface area contributed by atoms with E-state index in [9.17, 15) is 4.79 Å². The lowest BCUT2D eigenvalue weighted by molar-refractivity contribution is -0.116. The van der Waals surface area contributed by atoms with E-state index in [2.05, 4.69) is 52.0 Å². The highest BCUT2D eigenvalue weighted by Gasteiger charge is 2.08. The summed E-state index contributed by atoms with van der Waals surface area (Å²) < 4.78 is 0. The molecule has 1 aromatic carbocycles. The third kappa shape index (κ3) is 14.1. The van der Waals surface area contributed by atoms with Crippen LogP contribution in [0, 0.1) is 0 Å². The topological polar surface area (TPSA) is 66.9 Å². The molecule has 2 rings (SSSR count). The van der Waals surface area contributed by atoms with Crippen molar-refractivity contribution >= 4 is 27.5 Å². The number of carbonyl (C=O) groups is 1. The van der Waals surface area contributed by atoms with Gasteiger partial charge in [0, 0.05) is 13.0 Å². The van der Waals surface area contributed by atoms with Gasteiger partial charge in [0.2, 0.25) is 16.2 Å². The van der Waals surface area contributed by atoms with Crippen molar-refractivity contribution in [3.63, 3.8) is 0 Å². The van der Waals surface area contributed by atoms with Crippen molar-refractivity contribution in [3.8, 4) is 0 Å². The Kier molecular flexibility index (Phi) is 15.8. The molecule has 34 heavy (non-hydrogen) atoms. The van der Waals surface area contributed by atoms with Gasteiger partial charge < -0.3 is 10.6 Å². The Labute approximate surface area is 210 Å². The minimum absolute atomic E-state index is 0.0320. The Morgan fingerprint density at radius 1 is 0.824 bits per heavy atom. The van der Waals surface area contributed by atoms with Gasteiger partial charge in [-0.05, 0) is 44.1 Å². The zero-order valence-electron chi connectivity index (χ0n) is 21.1. The quantitative estimate of drug-likeness (QED) is 0.147. The van der Waals surface area contributed by atoms with Crippen molar-refractivity contribution in [2.24, 2.45) is 0 Å². The van der Waals surface area contributed by atoms with Gasteiger partial charge in [-0.25, -0.2) is 0 Å².